The first-order valence-electron chi connectivity index (χ1n) is 9.09. The molecule has 0 spiro atoms. The molecule has 26 heavy (non-hydrogen) atoms. The SMILES string of the molecule is O=C(c1ccc(C2SCCS2)cc1)N1CCCC1Cc1cccc(F)c1. The summed E-state index contributed by atoms with van der Waals surface area (Å²) in [7, 11) is 0. The van der Waals surface area contributed by atoms with Crippen molar-refractivity contribution >= 4 is 29.4 Å². The molecule has 1 amide bonds. The van der Waals surface area contributed by atoms with Gasteiger partial charge in [0, 0.05) is 29.7 Å². The van der Waals surface area contributed by atoms with Gasteiger partial charge in [0.2, 0.25) is 0 Å². The van der Waals surface area contributed by atoms with Crippen LogP contribution < -0.4 is 0 Å². The maximum absolute atomic E-state index is 13.4. The molecule has 2 heterocycles. The molecule has 2 aromatic rings. The zero-order valence-electron chi connectivity index (χ0n) is 14.6. The Morgan fingerprint density at radius 2 is 1.88 bits per heavy atom. The summed E-state index contributed by atoms with van der Waals surface area (Å²) in [5.41, 5.74) is 3.01. The fraction of sp³-hybridized carbons (Fsp3) is 0.381. The van der Waals surface area contributed by atoms with Gasteiger partial charge in [0.05, 0.1) is 4.58 Å². The predicted octanol–water partition coefficient (Wildman–Crippen LogP) is 5.15. The molecule has 2 aliphatic heterocycles. The van der Waals surface area contributed by atoms with E-state index in [9.17, 15) is 9.18 Å². The molecule has 0 saturated carbocycles. The highest BCUT2D eigenvalue weighted by Gasteiger charge is 2.29. The van der Waals surface area contributed by atoms with E-state index in [-0.39, 0.29) is 17.8 Å². The maximum Gasteiger partial charge on any atom is 0.254 e. The van der Waals surface area contributed by atoms with Crippen molar-refractivity contribution in [3.63, 3.8) is 0 Å². The average molecular weight is 388 g/mol. The number of likely N-dealkylation sites (tertiary alicyclic amines) is 1. The third kappa shape index (κ3) is 3.94. The normalized spacial score (nSPS) is 20.7. The van der Waals surface area contributed by atoms with Gasteiger partial charge in [0.25, 0.3) is 5.91 Å². The minimum absolute atomic E-state index is 0.0992. The van der Waals surface area contributed by atoms with E-state index >= 15 is 0 Å². The fourth-order valence-electron chi connectivity index (χ4n) is 3.75. The molecule has 1 unspecified atom stereocenters. The van der Waals surface area contributed by atoms with E-state index in [2.05, 4.69) is 12.1 Å². The van der Waals surface area contributed by atoms with Crippen LogP contribution in [-0.4, -0.2) is 34.9 Å². The minimum Gasteiger partial charge on any atom is -0.335 e. The lowest BCUT2D eigenvalue weighted by Crippen LogP contribution is -2.36. The van der Waals surface area contributed by atoms with E-state index in [0.717, 1.165) is 36.9 Å². The van der Waals surface area contributed by atoms with Gasteiger partial charge >= 0.3 is 0 Å². The summed E-state index contributed by atoms with van der Waals surface area (Å²) in [6.45, 7) is 0.787. The number of hydrogen-bond donors (Lipinski definition) is 0. The van der Waals surface area contributed by atoms with Crippen molar-refractivity contribution in [2.75, 3.05) is 18.1 Å². The summed E-state index contributed by atoms with van der Waals surface area (Å²) in [5.74, 6) is 2.29. The summed E-state index contributed by atoms with van der Waals surface area (Å²) in [5, 5.41) is 0. The molecule has 2 nitrogen and oxygen atoms in total. The second-order valence-corrected chi connectivity index (χ2v) is 9.55. The van der Waals surface area contributed by atoms with Crippen LogP contribution in [-0.2, 0) is 6.42 Å². The highest BCUT2D eigenvalue weighted by atomic mass is 32.2. The monoisotopic (exact) mass is 387 g/mol. The molecule has 4 rings (SSSR count). The van der Waals surface area contributed by atoms with Crippen molar-refractivity contribution in [2.45, 2.75) is 29.9 Å². The maximum atomic E-state index is 13.4. The van der Waals surface area contributed by atoms with Gasteiger partial charge in [-0.05, 0) is 54.7 Å². The van der Waals surface area contributed by atoms with E-state index < -0.39 is 0 Å². The van der Waals surface area contributed by atoms with Crippen molar-refractivity contribution < 1.29 is 9.18 Å². The van der Waals surface area contributed by atoms with Crippen LogP contribution in [0.25, 0.3) is 0 Å². The van der Waals surface area contributed by atoms with Crippen LogP contribution in [0.5, 0.6) is 0 Å². The van der Waals surface area contributed by atoms with Crippen LogP contribution in [0.4, 0.5) is 4.39 Å². The van der Waals surface area contributed by atoms with Crippen molar-refractivity contribution in [1.82, 2.24) is 4.90 Å². The molecular weight excluding hydrogens is 365 g/mol. The number of hydrogen-bond acceptors (Lipinski definition) is 3. The second kappa shape index (κ2) is 8.05. The Morgan fingerprint density at radius 1 is 1.12 bits per heavy atom. The van der Waals surface area contributed by atoms with Gasteiger partial charge < -0.3 is 4.90 Å². The van der Waals surface area contributed by atoms with E-state index in [4.69, 9.17) is 0 Å². The Bertz CT molecular complexity index is 774. The molecule has 5 heteroatoms. The van der Waals surface area contributed by atoms with Crippen LogP contribution in [0.2, 0.25) is 0 Å². The lowest BCUT2D eigenvalue weighted by molar-refractivity contribution is 0.0736. The summed E-state index contributed by atoms with van der Waals surface area (Å²) in [6.07, 6.45) is 2.71. The van der Waals surface area contributed by atoms with Gasteiger partial charge in [-0.25, -0.2) is 4.39 Å². The molecule has 0 aliphatic carbocycles. The van der Waals surface area contributed by atoms with Crippen LogP contribution >= 0.6 is 23.5 Å². The molecule has 2 fully saturated rings. The largest absolute Gasteiger partial charge is 0.335 e. The summed E-state index contributed by atoms with van der Waals surface area (Å²) < 4.78 is 13.9. The summed E-state index contributed by atoms with van der Waals surface area (Å²) in [6, 6.07) is 15.0. The van der Waals surface area contributed by atoms with Gasteiger partial charge in [0.1, 0.15) is 5.82 Å². The third-order valence-electron chi connectivity index (χ3n) is 5.05. The topological polar surface area (TPSA) is 20.3 Å². The average Bonchev–Trinajstić information content (AvgIpc) is 3.33. The lowest BCUT2D eigenvalue weighted by Gasteiger charge is -2.25. The molecular formula is C21H22FNOS2. The van der Waals surface area contributed by atoms with Crippen molar-refractivity contribution in [3.05, 3.63) is 71.0 Å². The van der Waals surface area contributed by atoms with Crippen LogP contribution in [0, 0.1) is 5.82 Å². The zero-order valence-corrected chi connectivity index (χ0v) is 16.2. The van der Waals surface area contributed by atoms with Crippen LogP contribution in [0.15, 0.2) is 48.5 Å². The van der Waals surface area contributed by atoms with Gasteiger partial charge in [-0.2, -0.15) is 0 Å². The molecule has 136 valence electrons. The van der Waals surface area contributed by atoms with Crippen molar-refractivity contribution in [3.8, 4) is 0 Å². The minimum atomic E-state index is -0.211. The van der Waals surface area contributed by atoms with Gasteiger partial charge in [0.15, 0.2) is 0 Å². The molecule has 0 bridgehead atoms. The first-order valence-corrected chi connectivity index (χ1v) is 11.2. The number of nitrogens with zero attached hydrogens (tertiary/aromatic N) is 1. The molecule has 0 radical (unpaired) electrons. The first-order chi connectivity index (χ1) is 12.7. The van der Waals surface area contributed by atoms with Gasteiger partial charge in [-0.3, -0.25) is 4.79 Å². The molecule has 1 atom stereocenters. The van der Waals surface area contributed by atoms with Crippen molar-refractivity contribution in [1.29, 1.82) is 0 Å². The Balaban J connectivity index is 1.46. The Labute approximate surface area is 162 Å². The Kier molecular flexibility index (Phi) is 5.55. The standard InChI is InChI=1S/C21H22FNOS2/c22-18-4-1-3-15(13-18)14-19-5-2-10-23(19)20(24)16-6-8-17(9-7-16)21-25-11-12-26-21/h1,3-4,6-9,13,19,21H,2,5,10-12,14H2. The summed E-state index contributed by atoms with van der Waals surface area (Å²) >= 11 is 3.95. The Morgan fingerprint density at radius 3 is 2.62 bits per heavy atom. The molecule has 2 aliphatic rings. The number of benzene rings is 2. The van der Waals surface area contributed by atoms with Crippen LogP contribution in [0.3, 0.4) is 0 Å². The number of halogens is 1. The number of carbonyl (C=O) groups is 1. The smallest absolute Gasteiger partial charge is 0.254 e. The zero-order chi connectivity index (χ0) is 17.9. The molecule has 2 aromatic carbocycles. The lowest BCUT2D eigenvalue weighted by atomic mass is 10.0. The number of carbonyl (C=O) groups excluding carboxylic acids is 1. The third-order valence-corrected chi connectivity index (χ3v) is 8.15. The molecule has 2 saturated heterocycles. The Hall–Kier alpha value is -1.46. The van der Waals surface area contributed by atoms with Gasteiger partial charge in [-0.1, -0.05) is 24.3 Å². The molecule has 0 N–H and O–H groups in total. The highest BCUT2D eigenvalue weighted by molar-refractivity contribution is 8.19. The van der Waals surface area contributed by atoms with Gasteiger partial charge in [-0.15, -0.1) is 23.5 Å². The van der Waals surface area contributed by atoms with Crippen LogP contribution in [0.1, 0.15) is 38.9 Å². The second-order valence-electron chi connectivity index (χ2n) is 6.82. The first kappa shape index (κ1) is 17.9. The van der Waals surface area contributed by atoms with E-state index in [1.165, 1.54) is 23.1 Å². The predicted molar refractivity (Wildman–Crippen MR) is 108 cm³/mol. The van der Waals surface area contributed by atoms with E-state index in [1.54, 1.807) is 12.1 Å². The van der Waals surface area contributed by atoms with E-state index in [0.29, 0.717) is 4.58 Å². The highest BCUT2D eigenvalue weighted by Crippen LogP contribution is 2.45. The number of thioether (sulfide) groups is 2. The number of rotatable bonds is 4. The molecule has 0 aromatic heterocycles. The summed E-state index contributed by atoms with van der Waals surface area (Å²) in [4.78, 5) is 15.0. The van der Waals surface area contributed by atoms with Crippen molar-refractivity contribution in [2.24, 2.45) is 0 Å². The number of amides is 1. The quantitative estimate of drug-likeness (QED) is 0.723. The van der Waals surface area contributed by atoms with E-state index in [1.807, 2.05) is 46.6 Å². The fourth-order valence-corrected chi connectivity index (χ4v) is 6.61.